The summed E-state index contributed by atoms with van der Waals surface area (Å²) in [6.45, 7) is 10.2. The van der Waals surface area contributed by atoms with Gasteiger partial charge < -0.3 is 14.2 Å². The fourth-order valence-electron chi connectivity index (χ4n) is 3.25. The van der Waals surface area contributed by atoms with Crippen LogP contribution in [0.1, 0.15) is 32.2 Å². The maximum Gasteiger partial charge on any atom is 0.146 e. The topological polar surface area (TPSA) is 56.1 Å². The number of morpholine rings is 1. The Morgan fingerprint density at radius 2 is 1.93 bits per heavy atom. The van der Waals surface area contributed by atoms with E-state index >= 15 is 0 Å². The Hall–Kier alpha value is -2.18. The molecule has 0 amide bonds. The molecule has 6 nitrogen and oxygen atoms in total. The van der Waals surface area contributed by atoms with Gasteiger partial charge in [0.15, 0.2) is 0 Å². The molecule has 4 rings (SSSR count). The van der Waals surface area contributed by atoms with E-state index in [1.807, 2.05) is 12.1 Å². The van der Waals surface area contributed by atoms with E-state index in [1.165, 1.54) is 0 Å². The summed E-state index contributed by atoms with van der Waals surface area (Å²) in [4.78, 5) is 16.3. The Bertz CT molecular complexity index is 957. The molecule has 0 aliphatic carbocycles. The summed E-state index contributed by atoms with van der Waals surface area (Å²) in [5, 5.41) is 1.59. The van der Waals surface area contributed by atoms with Crippen molar-refractivity contribution in [1.29, 1.82) is 0 Å². The van der Waals surface area contributed by atoms with Crippen LogP contribution in [0.15, 0.2) is 30.6 Å². The number of pyridine rings is 1. The second-order valence-corrected chi connectivity index (χ2v) is 8.21. The Morgan fingerprint density at radius 3 is 2.63 bits per heavy atom. The largest absolute Gasteiger partial charge is 0.378 e. The molecule has 0 saturated carbocycles. The SMILES string of the molecule is CC(C)(C)c1nc(N2CCOCC2)c2ccn(Cc3cccnc3Cl)c2n1. The molecule has 3 aromatic rings. The lowest BCUT2D eigenvalue weighted by Crippen LogP contribution is -2.37. The third-order valence-corrected chi connectivity index (χ3v) is 5.10. The highest BCUT2D eigenvalue weighted by atomic mass is 35.5. The summed E-state index contributed by atoms with van der Waals surface area (Å²) in [6, 6.07) is 5.99. The van der Waals surface area contributed by atoms with E-state index in [-0.39, 0.29) is 5.41 Å². The van der Waals surface area contributed by atoms with Gasteiger partial charge in [-0.3, -0.25) is 0 Å². The first-order valence-corrected chi connectivity index (χ1v) is 9.61. The predicted octanol–water partition coefficient (Wildman–Crippen LogP) is 3.66. The number of anilines is 1. The van der Waals surface area contributed by atoms with Gasteiger partial charge in [0, 0.05) is 36.5 Å². The Kier molecular flexibility index (Phi) is 4.78. The fraction of sp³-hybridized carbons (Fsp3) is 0.450. The number of hydrogen-bond donors (Lipinski definition) is 0. The number of nitrogens with zero attached hydrogens (tertiary/aromatic N) is 5. The standard InChI is InChI=1S/C20H24ClN5O/c1-20(2,3)19-23-17(25-9-11-27-12-10-25)15-6-8-26(18(15)24-19)13-14-5-4-7-22-16(14)21/h4-8H,9-13H2,1-3H3. The zero-order chi connectivity index (χ0) is 19.0. The van der Waals surface area contributed by atoms with Gasteiger partial charge in [-0.05, 0) is 12.1 Å². The molecular weight excluding hydrogens is 362 g/mol. The molecule has 0 unspecified atom stereocenters. The Labute approximate surface area is 164 Å². The molecule has 142 valence electrons. The minimum absolute atomic E-state index is 0.143. The molecule has 0 bridgehead atoms. The van der Waals surface area contributed by atoms with Crippen LogP contribution in [0.2, 0.25) is 5.15 Å². The number of ether oxygens (including phenoxy) is 1. The van der Waals surface area contributed by atoms with E-state index in [0.29, 0.717) is 11.7 Å². The highest BCUT2D eigenvalue weighted by Gasteiger charge is 2.24. The second kappa shape index (κ2) is 7.09. The maximum atomic E-state index is 6.27. The average Bonchev–Trinajstić information content (AvgIpc) is 3.06. The molecule has 0 atom stereocenters. The highest BCUT2D eigenvalue weighted by molar-refractivity contribution is 6.30. The van der Waals surface area contributed by atoms with E-state index < -0.39 is 0 Å². The van der Waals surface area contributed by atoms with Gasteiger partial charge in [0.05, 0.1) is 25.1 Å². The van der Waals surface area contributed by atoms with Crippen LogP contribution in [-0.4, -0.2) is 45.8 Å². The van der Waals surface area contributed by atoms with Crippen LogP contribution in [0.25, 0.3) is 11.0 Å². The van der Waals surface area contributed by atoms with Crippen LogP contribution >= 0.6 is 11.6 Å². The van der Waals surface area contributed by atoms with Crippen LogP contribution in [0, 0.1) is 0 Å². The van der Waals surface area contributed by atoms with Crippen molar-refractivity contribution in [3.8, 4) is 0 Å². The first-order chi connectivity index (χ1) is 12.9. The number of aromatic nitrogens is 4. The van der Waals surface area contributed by atoms with Crippen molar-refractivity contribution >= 4 is 28.5 Å². The fourth-order valence-corrected chi connectivity index (χ4v) is 3.43. The van der Waals surface area contributed by atoms with Crippen molar-refractivity contribution in [3.63, 3.8) is 0 Å². The van der Waals surface area contributed by atoms with Gasteiger partial charge in [0.1, 0.15) is 22.4 Å². The molecule has 1 fully saturated rings. The van der Waals surface area contributed by atoms with Crippen molar-refractivity contribution in [3.05, 3.63) is 47.1 Å². The quantitative estimate of drug-likeness (QED) is 0.644. The minimum atomic E-state index is -0.143. The summed E-state index contributed by atoms with van der Waals surface area (Å²) in [6.07, 6.45) is 3.76. The maximum absolute atomic E-state index is 6.27. The molecule has 0 spiro atoms. The van der Waals surface area contributed by atoms with E-state index in [1.54, 1.807) is 6.20 Å². The van der Waals surface area contributed by atoms with Crippen molar-refractivity contribution in [2.24, 2.45) is 0 Å². The first-order valence-electron chi connectivity index (χ1n) is 9.23. The van der Waals surface area contributed by atoms with E-state index in [2.05, 4.69) is 47.5 Å². The number of halogens is 1. The normalized spacial score (nSPS) is 15.5. The summed E-state index contributed by atoms with van der Waals surface area (Å²) < 4.78 is 7.64. The molecule has 1 saturated heterocycles. The minimum Gasteiger partial charge on any atom is -0.378 e. The number of rotatable bonds is 3. The van der Waals surface area contributed by atoms with E-state index in [0.717, 1.165) is 54.5 Å². The summed E-state index contributed by atoms with van der Waals surface area (Å²) in [5.74, 6) is 1.83. The van der Waals surface area contributed by atoms with Gasteiger partial charge >= 0.3 is 0 Å². The first kappa shape index (κ1) is 18.2. The third kappa shape index (κ3) is 3.64. The van der Waals surface area contributed by atoms with Crippen LogP contribution in [0.4, 0.5) is 5.82 Å². The lowest BCUT2D eigenvalue weighted by molar-refractivity contribution is 0.122. The van der Waals surface area contributed by atoms with Gasteiger partial charge in [-0.15, -0.1) is 0 Å². The Morgan fingerprint density at radius 1 is 1.15 bits per heavy atom. The summed E-state index contributed by atoms with van der Waals surface area (Å²) in [7, 11) is 0. The number of fused-ring (bicyclic) bond motifs is 1. The smallest absolute Gasteiger partial charge is 0.146 e. The van der Waals surface area contributed by atoms with Gasteiger partial charge in [0.2, 0.25) is 0 Å². The highest BCUT2D eigenvalue weighted by Crippen LogP contribution is 2.30. The van der Waals surface area contributed by atoms with Gasteiger partial charge in [-0.2, -0.15) is 0 Å². The van der Waals surface area contributed by atoms with E-state index in [9.17, 15) is 0 Å². The second-order valence-electron chi connectivity index (χ2n) is 7.85. The molecule has 1 aliphatic heterocycles. The number of hydrogen-bond acceptors (Lipinski definition) is 5. The van der Waals surface area contributed by atoms with E-state index in [4.69, 9.17) is 26.3 Å². The zero-order valence-corrected chi connectivity index (χ0v) is 16.7. The predicted molar refractivity (Wildman–Crippen MR) is 108 cm³/mol. The van der Waals surface area contributed by atoms with Crippen molar-refractivity contribution in [2.75, 3.05) is 31.2 Å². The molecule has 7 heteroatoms. The third-order valence-electron chi connectivity index (χ3n) is 4.76. The lowest BCUT2D eigenvalue weighted by atomic mass is 9.95. The Balaban J connectivity index is 1.83. The van der Waals surface area contributed by atoms with Gasteiger partial charge in [-0.25, -0.2) is 15.0 Å². The molecule has 0 N–H and O–H groups in total. The van der Waals surface area contributed by atoms with Crippen molar-refractivity contribution in [2.45, 2.75) is 32.7 Å². The van der Waals surface area contributed by atoms with Crippen LogP contribution < -0.4 is 4.90 Å². The van der Waals surface area contributed by atoms with Crippen molar-refractivity contribution < 1.29 is 4.74 Å². The average molecular weight is 386 g/mol. The zero-order valence-electron chi connectivity index (χ0n) is 15.9. The van der Waals surface area contributed by atoms with Crippen molar-refractivity contribution in [1.82, 2.24) is 19.5 Å². The lowest BCUT2D eigenvalue weighted by Gasteiger charge is -2.29. The van der Waals surface area contributed by atoms with Crippen LogP contribution in [0.5, 0.6) is 0 Å². The van der Waals surface area contributed by atoms with Gasteiger partial charge in [-0.1, -0.05) is 38.4 Å². The molecule has 1 aliphatic rings. The van der Waals surface area contributed by atoms with Crippen LogP contribution in [-0.2, 0) is 16.7 Å². The molecule has 0 aromatic carbocycles. The molecule has 3 aromatic heterocycles. The molecular formula is C20H24ClN5O. The summed E-state index contributed by atoms with van der Waals surface area (Å²) in [5.41, 5.74) is 1.76. The molecule has 27 heavy (non-hydrogen) atoms. The summed E-state index contributed by atoms with van der Waals surface area (Å²) >= 11 is 6.27. The van der Waals surface area contributed by atoms with Gasteiger partial charge in [0.25, 0.3) is 0 Å². The molecule has 0 radical (unpaired) electrons. The van der Waals surface area contributed by atoms with Crippen LogP contribution in [0.3, 0.4) is 0 Å². The monoisotopic (exact) mass is 385 g/mol. The molecule has 4 heterocycles.